The van der Waals surface area contributed by atoms with E-state index in [1.54, 1.807) is 0 Å². The fourth-order valence-electron chi connectivity index (χ4n) is 0.879. The molecule has 2 nitrogen and oxygen atoms in total. The average molecular weight is 205 g/mol. The third kappa shape index (κ3) is 3.52. The van der Waals surface area contributed by atoms with Crippen molar-refractivity contribution < 1.29 is 0 Å². The summed E-state index contributed by atoms with van der Waals surface area (Å²) < 4.78 is 0.627. The molecule has 0 saturated heterocycles. The zero-order valence-electron chi connectivity index (χ0n) is 7.14. The van der Waals surface area contributed by atoms with Crippen molar-refractivity contribution in [1.29, 1.82) is 0 Å². The van der Waals surface area contributed by atoms with Crippen molar-refractivity contribution in [2.24, 2.45) is 0 Å². The molecule has 1 heterocycles. The van der Waals surface area contributed by atoms with Gasteiger partial charge in [0, 0.05) is 17.6 Å². The van der Waals surface area contributed by atoms with Crippen LogP contribution in [0.25, 0.3) is 0 Å². The first-order chi connectivity index (χ1) is 5.83. The van der Waals surface area contributed by atoms with E-state index in [4.69, 9.17) is 11.6 Å². The Labute approximate surface area is 82.0 Å². The lowest BCUT2D eigenvalue weighted by Gasteiger charge is -1.99. The number of halogens is 1. The quantitative estimate of drug-likeness (QED) is 0.747. The summed E-state index contributed by atoms with van der Waals surface area (Å²) in [4.78, 5) is 5.16. The summed E-state index contributed by atoms with van der Waals surface area (Å²) in [5.41, 5.74) is 0. The summed E-state index contributed by atoms with van der Waals surface area (Å²) >= 11 is 7.22. The minimum Gasteiger partial charge on any atom is -0.312 e. The molecule has 0 saturated carbocycles. The zero-order chi connectivity index (χ0) is 8.81. The molecular weight excluding hydrogens is 192 g/mol. The predicted molar refractivity (Wildman–Crippen MR) is 53.7 cm³/mol. The van der Waals surface area contributed by atoms with Gasteiger partial charge in [-0.25, -0.2) is 4.98 Å². The summed E-state index contributed by atoms with van der Waals surface area (Å²) in [5.74, 6) is 0. The van der Waals surface area contributed by atoms with Crippen molar-refractivity contribution in [2.75, 3.05) is 6.54 Å². The molecule has 0 bridgehead atoms. The Morgan fingerprint density at radius 2 is 2.50 bits per heavy atom. The second-order valence-corrected chi connectivity index (χ2v) is 4.31. The number of rotatable bonds is 5. The molecule has 0 aliphatic carbocycles. The van der Waals surface area contributed by atoms with Gasteiger partial charge in [-0.1, -0.05) is 24.9 Å². The predicted octanol–water partition coefficient (Wildman–Crippen LogP) is 2.69. The summed E-state index contributed by atoms with van der Waals surface area (Å²) in [5, 5.41) is 3.33. The second kappa shape index (κ2) is 5.51. The Morgan fingerprint density at radius 3 is 3.08 bits per heavy atom. The van der Waals surface area contributed by atoms with E-state index in [2.05, 4.69) is 17.2 Å². The molecule has 0 amide bonds. The summed E-state index contributed by atoms with van der Waals surface area (Å²) in [6, 6.07) is 0. The van der Waals surface area contributed by atoms with E-state index in [1.165, 1.54) is 29.1 Å². The van der Waals surface area contributed by atoms with Gasteiger partial charge in [-0.3, -0.25) is 0 Å². The van der Waals surface area contributed by atoms with Gasteiger partial charge in [0.25, 0.3) is 0 Å². The van der Waals surface area contributed by atoms with Crippen molar-refractivity contribution in [3.05, 3.63) is 15.5 Å². The lowest BCUT2D eigenvalue weighted by molar-refractivity contribution is 0.645. The van der Waals surface area contributed by atoms with Crippen LogP contribution in [-0.4, -0.2) is 11.5 Å². The maximum atomic E-state index is 5.68. The van der Waals surface area contributed by atoms with Crippen molar-refractivity contribution in [3.8, 4) is 0 Å². The van der Waals surface area contributed by atoms with Gasteiger partial charge in [0.1, 0.15) is 0 Å². The number of aromatic nitrogens is 1. The lowest BCUT2D eigenvalue weighted by Crippen LogP contribution is -2.13. The van der Waals surface area contributed by atoms with E-state index in [0.29, 0.717) is 4.47 Å². The maximum absolute atomic E-state index is 5.68. The number of hydrogen-bond donors (Lipinski definition) is 1. The van der Waals surface area contributed by atoms with E-state index < -0.39 is 0 Å². The van der Waals surface area contributed by atoms with Crippen LogP contribution in [-0.2, 0) is 6.54 Å². The maximum Gasteiger partial charge on any atom is 0.183 e. The van der Waals surface area contributed by atoms with E-state index in [1.807, 2.05) is 6.20 Å². The highest BCUT2D eigenvalue weighted by molar-refractivity contribution is 7.15. The molecule has 0 aliphatic rings. The highest BCUT2D eigenvalue weighted by atomic mass is 35.5. The highest BCUT2D eigenvalue weighted by Crippen LogP contribution is 2.16. The largest absolute Gasteiger partial charge is 0.312 e. The SMILES string of the molecule is CCCCNCc1cnc(Cl)s1. The van der Waals surface area contributed by atoms with E-state index in [-0.39, 0.29) is 0 Å². The van der Waals surface area contributed by atoms with Crippen LogP contribution in [0.15, 0.2) is 6.20 Å². The Balaban J connectivity index is 2.15. The number of nitrogens with zero attached hydrogens (tertiary/aromatic N) is 1. The first kappa shape index (κ1) is 9.96. The Bertz CT molecular complexity index is 225. The first-order valence-corrected chi connectivity index (χ1v) is 5.33. The molecule has 4 heteroatoms. The number of nitrogens with one attached hydrogen (secondary N) is 1. The molecule has 0 unspecified atom stereocenters. The van der Waals surface area contributed by atoms with Crippen LogP contribution in [0.1, 0.15) is 24.6 Å². The third-order valence-electron chi connectivity index (χ3n) is 1.53. The molecule has 1 aromatic rings. The molecular formula is C8H13ClN2S. The molecule has 0 aliphatic heterocycles. The van der Waals surface area contributed by atoms with Crippen molar-refractivity contribution >= 4 is 22.9 Å². The van der Waals surface area contributed by atoms with Crippen molar-refractivity contribution in [2.45, 2.75) is 26.3 Å². The smallest absolute Gasteiger partial charge is 0.183 e. The Morgan fingerprint density at radius 1 is 1.67 bits per heavy atom. The number of hydrogen-bond acceptors (Lipinski definition) is 3. The highest BCUT2D eigenvalue weighted by Gasteiger charge is 1.97. The third-order valence-corrected chi connectivity index (χ3v) is 2.65. The summed E-state index contributed by atoms with van der Waals surface area (Å²) in [7, 11) is 0. The van der Waals surface area contributed by atoms with Crippen LogP contribution in [0.2, 0.25) is 4.47 Å². The van der Waals surface area contributed by atoms with E-state index >= 15 is 0 Å². The number of unbranched alkanes of at least 4 members (excludes halogenated alkanes) is 1. The van der Waals surface area contributed by atoms with Crippen LogP contribution in [0.4, 0.5) is 0 Å². The van der Waals surface area contributed by atoms with Gasteiger partial charge in [-0.05, 0) is 13.0 Å². The minimum absolute atomic E-state index is 0.627. The normalized spacial score (nSPS) is 10.5. The molecule has 68 valence electrons. The molecule has 1 N–H and O–H groups in total. The van der Waals surface area contributed by atoms with Crippen LogP contribution >= 0.6 is 22.9 Å². The van der Waals surface area contributed by atoms with Crippen LogP contribution < -0.4 is 5.32 Å². The topological polar surface area (TPSA) is 24.9 Å². The fourth-order valence-corrected chi connectivity index (χ4v) is 1.83. The Kier molecular flexibility index (Phi) is 4.58. The van der Waals surface area contributed by atoms with Crippen LogP contribution in [0.5, 0.6) is 0 Å². The van der Waals surface area contributed by atoms with Gasteiger partial charge in [0.05, 0.1) is 0 Å². The fraction of sp³-hybridized carbons (Fsp3) is 0.625. The van der Waals surface area contributed by atoms with Gasteiger partial charge in [-0.2, -0.15) is 0 Å². The first-order valence-electron chi connectivity index (χ1n) is 4.14. The van der Waals surface area contributed by atoms with Gasteiger partial charge in [0.2, 0.25) is 0 Å². The van der Waals surface area contributed by atoms with E-state index in [9.17, 15) is 0 Å². The minimum atomic E-state index is 0.627. The standard InChI is InChI=1S/C8H13ClN2S/c1-2-3-4-10-5-7-6-11-8(9)12-7/h6,10H,2-5H2,1H3. The molecule has 0 aromatic carbocycles. The van der Waals surface area contributed by atoms with Crippen LogP contribution in [0.3, 0.4) is 0 Å². The van der Waals surface area contributed by atoms with Gasteiger partial charge in [0.15, 0.2) is 4.47 Å². The second-order valence-electron chi connectivity index (χ2n) is 2.61. The molecule has 12 heavy (non-hydrogen) atoms. The summed E-state index contributed by atoms with van der Waals surface area (Å²) in [6.07, 6.45) is 4.29. The molecule has 1 rings (SSSR count). The van der Waals surface area contributed by atoms with Crippen molar-refractivity contribution in [3.63, 3.8) is 0 Å². The monoisotopic (exact) mass is 204 g/mol. The molecule has 1 aromatic heterocycles. The summed E-state index contributed by atoms with van der Waals surface area (Å²) in [6.45, 7) is 4.15. The Hall–Kier alpha value is -0.120. The molecule has 0 radical (unpaired) electrons. The van der Waals surface area contributed by atoms with Gasteiger partial charge >= 0.3 is 0 Å². The zero-order valence-corrected chi connectivity index (χ0v) is 8.71. The van der Waals surface area contributed by atoms with E-state index in [0.717, 1.165) is 13.1 Å². The molecule has 0 atom stereocenters. The number of thiazole rings is 1. The molecule has 0 fully saturated rings. The van der Waals surface area contributed by atoms with Crippen LogP contribution in [0, 0.1) is 0 Å². The van der Waals surface area contributed by atoms with Crippen molar-refractivity contribution in [1.82, 2.24) is 10.3 Å². The van der Waals surface area contributed by atoms with Gasteiger partial charge in [-0.15, -0.1) is 11.3 Å². The lowest BCUT2D eigenvalue weighted by atomic mass is 10.3. The van der Waals surface area contributed by atoms with Gasteiger partial charge < -0.3 is 5.32 Å². The molecule has 0 spiro atoms. The average Bonchev–Trinajstić information content (AvgIpc) is 2.45.